The van der Waals surface area contributed by atoms with Crippen molar-refractivity contribution in [3.05, 3.63) is 88.3 Å². The molecule has 0 unspecified atom stereocenters. The summed E-state index contributed by atoms with van der Waals surface area (Å²) in [6, 6.07) is 18.2. The molecule has 4 amide bonds. The highest BCUT2D eigenvalue weighted by molar-refractivity contribution is 7.16. The van der Waals surface area contributed by atoms with Gasteiger partial charge in [-0.1, -0.05) is 0 Å². The highest BCUT2D eigenvalue weighted by Crippen LogP contribution is 2.33. The fraction of sp³-hybridized carbons (Fsp3) is 0.107. The molecule has 0 aliphatic carbocycles. The number of aryl methyl sites for hydroxylation is 1. The fourth-order valence-electron chi connectivity index (χ4n) is 4.15. The number of benzene rings is 3. The highest BCUT2D eigenvalue weighted by atomic mass is 32.1. The molecule has 0 fully saturated rings. The third-order valence-electron chi connectivity index (χ3n) is 5.98. The number of rotatable bonds is 6. The lowest BCUT2D eigenvalue weighted by Gasteiger charge is -2.14. The Morgan fingerprint density at radius 1 is 0.895 bits per heavy atom. The van der Waals surface area contributed by atoms with E-state index in [4.69, 9.17) is 4.74 Å². The lowest BCUT2D eigenvalue weighted by molar-refractivity contribution is -0.114. The van der Waals surface area contributed by atoms with Crippen LogP contribution in [0.15, 0.2) is 66.7 Å². The number of hydrogen-bond donors (Lipinski definition) is 2. The summed E-state index contributed by atoms with van der Waals surface area (Å²) in [4.78, 5) is 56.9. The van der Waals surface area contributed by atoms with E-state index in [0.29, 0.717) is 16.5 Å². The zero-order valence-electron chi connectivity index (χ0n) is 20.7. The van der Waals surface area contributed by atoms with Gasteiger partial charge in [-0.25, -0.2) is 9.88 Å². The van der Waals surface area contributed by atoms with Crippen molar-refractivity contribution >= 4 is 51.5 Å². The maximum atomic E-state index is 13.1. The SMILES string of the molecule is COc1ccc(-c2nc(NC(=O)c3ccc4c(c3)C(=O)N(c3ccc(NC(C)=O)cc3)C4=O)sc2C)cc1. The van der Waals surface area contributed by atoms with Crippen molar-refractivity contribution in [2.24, 2.45) is 0 Å². The molecule has 1 aliphatic heterocycles. The summed E-state index contributed by atoms with van der Waals surface area (Å²) in [5.41, 5.74) is 3.14. The molecule has 0 atom stereocenters. The summed E-state index contributed by atoms with van der Waals surface area (Å²) >= 11 is 1.34. The van der Waals surface area contributed by atoms with Crippen LogP contribution in [0.25, 0.3) is 11.3 Å². The number of fused-ring (bicyclic) bond motifs is 1. The van der Waals surface area contributed by atoms with Crippen LogP contribution < -0.4 is 20.3 Å². The Morgan fingerprint density at radius 2 is 1.58 bits per heavy atom. The summed E-state index contributed by atoms with van der Waals surface area (Å²) in [5.74, 6) is -0.946. The Hall–Kier alpha value is -4.83. The highest BCUT2D eigenvalue weighted by Gasteiger charge is 2.37. The van der Waals surface area contributed by atoms with Gasteiger partial charge in [0.25, 0.3) is 17.7 Å². The zero-order chi connectivity index (χ0) is 27.0. The van der Waals surface area contributed by atoms with E-state index in [1.54, 1.807) is 31.4 Å². The van der Waals surface area contributed by atoms with Crippen LogP contribution in [-0.4, -0.2) is 35.7 Å². The monoisotopic (exact) mass is 526 g/mol. The number of ether oxygens (including phenoxy) is 1. The molecule has 10 heteroatoms. The summed E-state index contributed by atoms with van der Waals surface area (Å²) in [6.45, 7) is 3.31. The van der Waals surface area contributed by atoms with Crippen LogP contribution in [0, 0.1) is 6.92 Å². The van der Waals surface area contributed by atoms with Gasteiger partial charge in [0.1, 0.15) is 5.75 Å². The van der Waals surface area contributed by atoms with Crippen LogP contribution in [0.3, 0.4) is 0 Å². The number of amides is 4. The van der Waals surface area contributed by atoms with E-state index < -0.39 is 17.7 Å². The smallest absolute Gasteiger partial charge is 0.266 e. The molecule has 9 nitrogen and oxygen atoms in total. The molecule has 38 heavy (non-hydrogen) atoms. The molecule has 0 bridgehead atoms. The summed E-state index contributed by atoms with van der Waals surface area (Å²) in [7, 11) is 1.60. The van der Waals surface area contributed by atoms with Crippen LogP contribution in [0.1, 0.15) is 42.9 Å². The predicted molar refractivity (Wildman–Crippen MR) is 145 cm³/mol. The fourth-order valence-corrected chi connectivity index (χ4v) is 4.98. The zero-order valence-corrected chi connectivity index (χ0v) is 21.5. The van der Waals surface area contributed by atoms with Gasteiger partial charge in [-0.05, 0) is 73.7 Å². The van der Waals surface area contributed by atoms with Gasteiger partial charge in [-0.3, -0.25) is 24.5 Å². The maximum absolute atomic E-state index is 13.1. The first-order valence-corrected chi connectivity index (χ1v) is 12.4. The second kappa shape index (κ2) is 9.91. The molecule has 4 aromatic rings. The molecule has 5 rings (SSSR count). The Labute approximate surface area is 222 Å². The average Bonchev–Trinajstić information content (AvgIpc) is 3.39. The molecule has 0 saturated heterocycles. The topological polar surface area (TPSA) is 118 Å². The number of anilines is 3. The third-order valence-corrected chi connectivity index (χ3v) is 6.86. The second-order valence-corrected chi connectivity index (χ2v) is 9.74. The minimum Gasteiger partial charge on any atom is -0.497 e. The van der Waals surface area contributed by atoms with E-state index >= 15 is 0 Å². The number of methoxy groups -OCH3 is 1. The molecule has 0 spiro atoms. The Kier molecular flexibility index (Phi) is 6.48. The van der Waals surface area contributed by atoms with E-state index in [9.17, 15) is 19.2 Å². The van der Waals surface area contributed by atoms with E-state index in [1.165, 1.54) is 36.5 Å². The van der Waals surface area contributed by atoms with Gasteiger partial charge < -0.3 is 10.1 Å². The lowest BCUT2D eigenvalue weighted by Crippen LogP contribution is -2.29. The number of carbonyl (C=O) groups is 4. The quantitative estimate of drug-likeness (QED) is 0.336. The maximum Gasteiger partial charge on any atom is 0.266 e. The van der Waals surface area contributed by atoms with Crippen LogP contribution in [-0.2, 0) is 4.79 Å². The minimum atomic E-state index is -0.529. The number of carbonyl (C=O) groups excluding carboxylic acids is 4. The number of nitrogens with one attached hydrogen (secondary N) is 2. The molecule has 2 heterocycles. The number of thiazole rings is 1. The molecule has 1 aromatic heterocycles. The van der Waals surface area contributed by atoms with E-state index in [-0.39, 0.29) is 22.6 Å². The molecule has 0 radical (unpaired) electrons. The largest absolute Gasteiger partial charge is 0.497 e. The first-order chi connectivity index (χ1) is 18.2. The number of aromatic nitrogens is 1. The van der Waals surface area contributed by atoms with Gasteiger partial charge in [0.15, 0.2) is 5.13 Å². The van der Waals surface area contributed by atoms with Gasteiger partial charge in [-0.15, -0.1) is 11.3 Å². The van der Waals surface area contributed by atoms with Crippen molar-refractivity contribution in [2.45, 2.75) is 13.8 Å². The van der Waals surface area contributed by atoms with Gasteiger partial charge in [0.05, 0.1) is 29.6 Å². The predicted octanol–water partition coefficient (Wildman–Crippen LogP) is 5.14. The van der Waals surface area contributed by atoms with Gasteiger partial charge in [0, 0.05) is 28.6 Å². The van der Waals surface area contributed by atoms with Crippen LogP contribution in [0.4, 0.5) is 16.5 Å². The Morgan fingerprint density at radius 3 is 2.24 bits per heavy atom. The first-order valence-electron chi connectivity index (χ1n) is 11.6. The van der Waals surface area contributed by atoms with Gasteiger partial charge in [0.2, 0.25) is 5.91 Å². The molecule has 190 valence electrons. The van der Waals surface area contributed by atoms with Crippen LogP contribution in [0.5, 0.6) is 5.75 Å². The molecule has 0 saturated carbocycles. The number of imide groups is 1. The molecule has 1 aliphatic rings. The van der Waals surface area contributed by atoms with Crippen molar-refractivity contribution in [1.29, 1.82) is 0 Å². The van der Waals surface area contributed by atoms with Crippen LogP contribution >= 0.6 is 11.3 Å². The first kappa shape index (κ1) is 24.8. The number of nitrogens with zero attached hydrogens (tertiary/aromatic N) is 2. The average molecular weight is 527 g/mol. The van der Waals surface area contributed by atoms with Crippen molar-refractivity contribution in [1.82, 2.24) is 4.98 Å². The van der Waals surface area contributed by atoms with E-state index in [1.807, 2.05) is 31.2 Å². The summed E-state index contributed by atoms with van der Waals surface area (Å²) < 4.78 is 5.20. The van der Waals surface area contributed by atoms with Gasteiger partial charge in [-0.2, -0.15) is 0 Å². The normalized spacial score (nSPS) is 12.3. The molecule has 2 N–H and O–H groups in total. The van der Waals surface area contributed by atoms with Crippen molar-refractivity contribution in [3.8, 4) is 17.0 Å². The second-order valence-electron chi connectivity index (χ2n) is 8.54. The molecule has 3 aromatic carbocycles. The van der Waals surface area contributed by atoms with Crippen molar-refractivity contribution < 1.29 is 23.9 Å². The third kappa shape index (κ3) is 4.64. The van der Waals surface area contributed by atoms with Crippen molar-refractivity contribution in [3.63, 3.8) is 0 Å². The Balaban J connectivity index is 1.34. The molecular formula is C28H22N4O5S. The van der Waals surface area contributed by atoms with Crippen molar-refractivity contribution in [2.75, 3.05) is 22.6 Å². The number of hydrogen-bond acceptors (Lipinski definition) is 7. The lowest BCUT2D eigenvalue weighted by atomic mass is 10.1. The van der Waals surface area contributed by atoms with E-state index in [0.717, 1.165) is 26.8 Å². The van der Waals surface area contributed by atoms with Crippen LogP contribution in [0.2, 0.25) is 0 Å². The Bertz CT molecular complexity index is 1590. The molecular weight excluding hydrogens is 504 g/mol. The summed E-state index contributed by atoms with van der Waals surface area (Å²) in [6.07, 6.45) is 0. The van der Waals surface area contributed by atoms with Gasteiger partial charge >= 0.3 is 0 Å². The standard InChI is InChI=1S/C28H22N4O5S/c1-15-24(17-4-11-21(37-3)12-5-17)30-28(38-15)31-25(34)18-6-13-22-23(14-18)27(36)32(26(22)35)20-9-7-19(8-10-20)29-16(2)33/h4-14H,1-3H3,(H,29,33)(H,30,31,34). The summed E-state index contributed by atoms with van der Waals surface area (Å²) in [5, 5.41) is 5.85. The minimum absolute atomic E-state index is 0.142. The van der Waals surface area contributed by atoms with E-state index in [2.05, 4.69) is 15.6 Å².